The summed E-state index contributed by atoms with van der Waals surface area (Å²) in [6.45, 7) is 0. The summed E-state index contributed by atoms with van der Waals surface area (Å²) in [7, 11) is 1.51. The minimum Gasteiger partial charge on any atom is -0.503 e. The number of rotatable bonds is 1. The molecule has 0 bridgehead atoms. The quantitative estimate of drug-likeness (QED) is 0.853. The molecule has 1 aromatic rings. The summed E-state index contributed by atoms with van der Waals surface area (Å²) in [6, 6.07) is 0. The fraction of sp³-hybridized carbons (Fsp3) is 0.400. The van der Waals surface area contributed by atoms with Crippen molar-refractivity contribution in [3.8, 4) is 11.5 Å². The first kappa shape index (κ1) is 10.1. The van der Waals surface area contributed by atoms with E-state index in [1.54, 1.807) is 0 Å². The molecule has 0 heterocycles. The number of benzene rings is 1. The molecule has 0 saturated carbocycles. The molecule has 0 saturated heterocycles. The van der Waals surface area contributed by atoms with Crippen molar-refractivity contribution in [2.75, 3.05) is 7.11 Å². The smallest absolute Gasteiger partial charge is 0.180 e. The molecule has 1 N–H and O–H groups in total. The second-order valence-electron chi connectivity index (χ2n) is 3.32. The average Bonchev–Trinajstić information content (AvgIpc) is 2.64. The lowest BCUT2D eigenvalue weighted by Gasteiger charge is -2.12. The molecule has 1 aliphatic rings. The number of methoxy groups -OCH3 is 1. The molecule has 2 rings (SSSR count). The first-order chi connectivity index (χ1) is 6.66. The topological polar surface area (TPSA) is 29.5 Å². The number of aromatic hydroxyl groups is 1. The Morgan fingerprint density at radius 1 is 1.36 bits per heavy atom. The van der Waals surface area contributed by atoms with E-state index < -0.39 is 0 Å². The van der Waals surface area contributed by atoms with Crippen LogP contribution in [0.15, 0.2) is 4.47 Å². The third-order valence-electron chi connectivity index (χ3n) is 2.57. The van der Waals surface area contributed by atoms with Crippen LogP contribution in [0.25, 0.3) is 0 Å². The molecular formula is C10H10BrClO2. The Morgan fingerprint density at radius 3 is 2.64 bits per heavy atom. The lowest BCUT2D eigenvalue weighted by atomic mass is 10.1. The number of hydrogen-bond donors (Lipinski definition) is 1. The van der Waals surface area contributed by atoms with Crippen LogP contribution in [-0.2, 0) is 12.8 Å². The van der Waals surface area contributed by atoms with Gasteiger partial charge in [0.2, 0.25) is 0 Å². The van der Waals surface area contributed by atoms with Crippen LogP contribution in [0.1, 0.15) is 17.5 Å². The maximum Gasteiger partial charge on any atom is 0.180 e. The highest BCUT2D eigenvalue weighted by Crippen LogP contribution is 2.47. The molecule has 14 heavy (non-hydrogen) atoms. The maximum atomic E-state index is 9.79. The molecule has 4 heteroatoms. The van der Waals surface area contributed by atoms with Gasteiger partial charge in [-0.1, -0.05) is 11.6 Å². The average molecular weight is 278 g/mol. The van der Waals surface area contributed by atoms with Gasteiger partial charge in [0.05, 0.1) is 16.6 Å². The molecule has 0 aliphatic heterocycles. The van der Waals surface area contributed by atoms with Crippen LogP contribution in [0, 0.1) is 0 Å². The predicted molar refractivity (Wildman–Crippen MR) is 59.4 cm³/mol. The summed E-state index contributed by atoms with van der Waals surface area (Å²) in [5.41, 5.74) is 2.22. The van der Waals surface area contributed by atoms with Crippen molar-refractivity contribution < 1.29 is 9.84 Å². The highest BCUT2D eigenvalue weighted by atomic mass is 79.9. The zero-order valence-corrected chi connectivity index (χ0v) is 10.1. The van der Waals surface area contributed by atoms with E-state index in [2.05, 4.69) is 15.9 Å². The lowest BCUT2D eigenvalue weighted by molar-refractivity contribution is 0.371. The van der Waals surface area contributed by atoms with E-state index in [0.29, 0.717) is 10.8 Å². The molecule has 0 unspecified atom stereocenters. The van der Waals surface area contributed by atoms with Gasteiger partial charge in [-0.05, 0) is 46.3 Å². The fourth-order valence-electron chi connectivity index (χ4n) is 1.90. The zero-order chi connectivity index (χ0) is 10.3. The summed E-state index contributed by atoms with van der Waals surface area (Å²) in [5.74, 6) is 0.484. The number of hydrogen-bond acceptors (Lipinski definition) is 2. The number of fused-ring (bicyclic) bond motifs is 1. The molecular weight excluding hydrogens is 267 g/mol. The van der Waals surface area contributed by atoms with Gasteiger partial charge in [0.1, 0.15) is 0 Å². The van der Waals surface area contributed by atoms with Gasteiger partial charge in [0, 0.05) is 0 Å². The standard InChI is InChI=1S/C10H10BrClO2/c1-14-10-8(12)6-4-2-3-5(6)7(11)9(10)13/h13H,2-4H2,1H3. The van der Waals surface area contributed by atoms with Gasteiger partial charge in [-0.2, -0.15) is 0 Å². The van der Waals surface area contributed by atoms with Gasteiger partial charge in [0.15, 0.2) is 11.5 Å². The van der Waals surface area contributed by atoms with Gasteiger partial charge in [-0.25, -0.2) is 0 Å². The van der Waals surface area contributed by atoms with Crippen LogP contribution in [-0.4, -0.2) is 12.2 Å². The third kappa shape index (κ3) is 1.30. The Balaban J connectivity index is 2.73. The second-order valence-corrected chi connectivity index (χ2v) is 4.49. The normalized spacial score (nSPS) is 14.2. The van der Waals surface area contributed by atoms with Crippen molar-refractivity contribution >= 4 is 27.5 Å². The van der Waals surface area contributed by atoms with Crippen LogP contribution in [0.5, 0.6) is 11.5 Å². The summed E-state index contributed by atoms with van der Waals surface area (Å²) in [5, 5.41) is 10.3. The van der Waals surface area contributed by atoms with Gasteiger partial charge in [0.25, 0.3) is 0 Å². The Kier molecular flexibility index (Phi) is 2.62. The highest BCUT2D eigenvalue weighted by molar-refractivity contribution is 9.10. The molecule has 1 aliphatic carbocycles. The van der Waals surface area contributed by atoms with Gasteiger partial charge in [-0.15, -0.1) is 0 Å². The third-order valence-corrected chi connectivity index (χ3v) is 3.83. The SMILES string of the molecule is COc1c(O)c(Br)c2c(c1Cl)CCC2. The summed E-state index contributed by atoms with van der Waals surface area (Å²) < 4.78 is 5.80. The van der Waals surface area contributed by atoms with Gasteiger partial charge >= 0.3 is 0 Å². The Hall–Kier alpha value is -0.410. The van der Waals surface area contributed by atoms with Crippen molar-refractivity contribution in [1.29, 1.82) is 0 Å². The Labute approximate surface area is 96.0 Å². The van der Waals surface area contributed by atoms with Crippen LogP contribution < -0.4 is 4.74 Å². The number of halogens is 2. The molecule has 1 aromatic carbocycles. The highest BCUT2D eigenvalue weighted by Gasteiger charge is 2.24. The summed E-state index contributed by atoms with van der Waals surface area (Å²) >= 11 is 9.49. The van der Waals surface area contributed by atoms with Gasteiger partial charge < -0.3 is 9.84 Å². The molecule has 0 spiro atoms. The number of phenolic OH excluding ortho intramolecular Hbond substituents is 1. The zero-order valence-electron chi connectivity index (χ0n) is 7.73. The van der Waals surface area contributed by atoms with Crippen molar-refractivity contribution in [3.05, 3.63) is 20.6 Å². The van der Waals surface area contributed by atoms with Crippen molar-refractivity contribution in [2.45, 2.75) is 19.3 Å². The Bertz CT molecular complexity index is 384. The largest absolute Gasteiger partial charge is 0.503 e. The van der Waals surface area contributed by atoms with Crippen molar-refractivity contribution in [3.63, 3.8) is 0 Å². The minimum atomic E-state index is 0.109. The first-order valence-electron chi connectivity index (χ1n) is 4.42. The van der Waals surface area contributed by atoms with E-state index in [9.17, 15) is 5.11 Å². The predicted octanol–water partition coefficient (Wildman–Crippen LogP) is 3.31. The monoisotopic (exact) mass is 276 g/mol. The first-order valence-corrected chi connectivity index (χ1v) is 5.59. The molecule has 0 radical (unpaired) electrons. The van der Waals surface area contributed by atoms with E-state index in [-0.39, 0.29) is 5.75 Å². The van der Waals surface area contributed by atoms with Gasteiger partial charge in [-0.3, -0.25) is 0 Å². The van der Waals surface area contributed by atoms with E-state index in [1.807, 2.05) is 0 Å². The maximum absolute atomic E-state index is 9.79. The van der Waals surface area contributed by atoms with Crippen molar-refractivity contribution in [1.82, 2.24) is 0 Å². The van der Waals surface area contributed by atoms with Crippen LogP contribution in [0.2, 0.25) is 5.02 Å². The van der Waals surface area contributed by atoms with Crippen LogP contribution in [0.3, 0.4) is 0 Å². The summed E-state index contributed by atoms with van der Waals surface area (Å²) in [4.78, 5) is 0. The number of phenols is 1. The van der Waals surface area contributed by atoms with Crippen LogP contribution in [0.4, 0.5) is 0 Å². The van der Waals surface area contributed by atoms with Crippen molar-refractivity contribution in [2.24, 2.45) is 0 Å². The summed E-state index contributed by atoms with van der Waals surface area (Å²) in [6.07, 6.45) is 3.01. The molecule has 0 fully saturated rings. The molecule has 0 aromatic heterocycles. The Morgan fingerprint density at radius 2 is 2.00 bits per heavy atom. The van der Waals surface area contributed by atoms with E-state index in [4.69, 9.17) is 16.3 Å². The molecule has 0 amide bonds. The second kappa shape index (κ2) is 3.63. The fourth-order valence-corrected chi connectivity index (χ4v) is 2.89. The lowest BCUT2D eigenvalue weighted by Crippen LogP contribution is -1.93. The molecule has 2 nitrogen and oxygen atoms in total. The van der Waals surface area contributed by atoms with E-state index in [1.165, 1.54) is 7.11 Å². The van der Waals surface area contributed by atoms with Crippen LogP contribution >= 0.6 is 27.5 Å². The molecule has 0 atom stereocenters. The molecule has 76 valence electrons. The number of ether oxygens (including phenoxy) is 1. The van der Waals surface area contributed by atoms with E-state index >= 15 is 0 Å². The minimum absolute atomic E-state index is 0.109. The van der Waals surface area contributed by atoms with E-state index in [0.717, 1.165) is 34.9 Å².